The maximum atomic E-state index is 13.3. The largest absolute Gasteiger partial charge is 0.480 e. The molecule has 13 heteroatoms. The number of hydrogen-bond donors (Lipinski definition) is 7. The molecular weight excluding hydrogens is 534 g/mol. The second kappa shape index (κ2) is 14.5. The van der Waals surface area contributed by atoms with E-state index in [1.807, 2.05) is 36.7 Å². The number of H-pyrrole nitrogens is 2. The highest BCUT2D eigenvalue weighted by Gasteiger charge is 2.32. The lowest BCUT2D eigenvalue weighted by atomic mass is 10.0. The monoisotopic (exact) mass is 571 g/mol. The number of carboxylic acid groups (broad SMARTS) is 1. The molecular formula is C27H37N7O5S. The summed E-state index contributed by atoms with van der Waals surface area (Å²) in [6, 6.07) is 3.63. The van der Waals surface area contributed by atoms with Gasteiger partial charge in [-0.05, 0) is 42.4 Å². The van der Waals surface area contributed by atoms with Crippen LogP contribution in [0.25, 0.3) is 10.9 Å². The maximum absolute atomic E-state index is 13.3. The minimum atomic E-state index is -1.22. The van der Waals surface area contributed by atoms with Gasteiger partial charge in [0.25, 0.3) is 0 Å². The summed E-state index contributed by atoms with van der Waals surface area (Å²) < 4.78 is 0. The van der Waals surface area contributed by atoms with Crippen molar-refractivity contribution < 1.29 is 24.3 Å². The molecule has 8 N–H and O–H groups in total. The van der Waals surface area contributed by atoms with E-state index in [9.17, 15) is 24.3 Å². The number of hydrogen-bond acceptors (Lipinski definition) is 7. The van der Waals surface area contributed by atoms with Gasteiger partial charge in [0, 0.05) is 35.4 Å². The molecule has 0 aliphatic rings. The average molecular weight is 572 g/mol. The lowest BCUT2D eigenvalue weighted by Crippen LogP contribution is -2.58. The summed E-state index contributed by atoms with van der Waals surface area (Å²) in [6.45, 7) is 3.55. The number of aromatic amines is 2. The summed E-state index contributed by atoms with van der Waals surface area (Å²) in [6.07, 6.45) is 7.13. The SMILES string of the molecule is CSCCC(NC(=O)C(NC(=O)C(N)Cc1c[nH]c2ccccc12)C(C)C)C(=O)NC(Cc1cnc[nH]1)C(=O)O. The summed E-state index contributed by atoms with van der Waals surface area (Å²) in [4.78, 5) is 61.0. The first-order chi connectivity index (χ1) is 19.1. The number of amides is 3. The second-order valence-electron chi connectivity index (χ2n) is 9.92. The Morgan fingerprint density at radius 2 is 1.73 bits per heavy atom. The third-order valence-corrected chi connectivity index (χ3v) is 7.18. The highest BCUT2D eigenvalue weighted by Crippen LogP contribution is 2.19. The normalized spacial score (nSPS) is 14.3. The Labute approximate surface area is 236 Å². The minimum Gasteiger partial charge on any atom is -0.480 e. The number of para-hydroxylation sites is 1. The number of nitrogens with one attached hydrogen (secondary N) is 5. The molecule has 4 atom stereocenters. The second-order valence-corrected chi connectivity index (χ2v) is 10.9. The highest BCUT2D eigenvalue weighted by atomic mass is 32.2. The molecule has 0 saturated carbocycles. The number of carboxylic acids is 1. The van der Waals surface area contributed by atoms with E-state index in [4.69, 9.17) is 5.73 Å². The molecule has 40 heavy (non-hydrogen) atoms. The number of aliphatic carboxylic acids is 1. The van der Waals surface area contributed by atoms with Crippen LogP contribution in [0.5, 0.6) is 0 Å². The van der Waals surface area contributed by atoms with Crippen LogP contribution in [-0.4, -0.2) is 79.9 Å². The van der Waals surface area contributed by atoms with Crippen LogP contribution in [0.4, 0.5) is 0 Å². The summed E-state index contributed by atoms with van der Waals surface area (Å²) in [5, 5.41) is 18.6. The van der Waals surface area contributed by atoms with Gasteiger partial charge in [-0.1, -0.05) is 32.0 Å². The van der Waals surface area contributed by atoms with Crippen LogP contribution in [0, 0.1) is 5.92 Å². The van der Waals surface area contributed by atoms with Crippen molar-refractivity contribution in [3.63, 3.8) is 0 Å². The number of carbonyl (C=O) groups excluding carboxylic acids is 3. The zero-order valence-electron chi connectivity index (χ0n) is 22.8. The Hall–Kier alpha value is -3.84. The number of rotatable bonds is 15. The molecule has 0 radical (unpaired) electrons. The Kier molecular flexibility index (Phi) is 11.1. The zero-order valence-corrected chi connectivity index (χ0v) is 23.6. The Bertz CT molecular complexity index is 1290. The summed E-state index contributed by atoms with van der Waals surface area (Å²) >= 11 is 1.49. The first-order valence-corrected chi connectivity index (χ1v) is 14.4. The molecule has 0 bridgehead atoms. The van der Waals surface area contributed by atoms with Crippen molar-refractivity contribution in [1.82, 2.24) is 30.9 Å². The van der Waals surface area contributed by atoms with E-state index in [2.05, 4.69) is 30.9 Å². The van der Waals surface area contributed by atoms with Gasteiger partial charge in [0.1, 0.15) is 18.1 Å². The van der Waals surface area contributed by atoms with E-state index >= 15 is 0 Å². The van der Waals surface area contributed by atoms with E-state index in [1.54, 1.807) is 13.8 Å². The predicted octanol–water partition coefficient (Wildman–Crippen LogP) is 0.952. The van der Waals surface area contributed by atoms with E-state index in [1.165, 1.54) is 24.3 Å². The van der Waals surface area contributed by atoms with E-state index in [0.717, 1.165) is 16.5 Å². The van der Waals surface area contributed by atoms with Gasteiger partial charge in [-0.15, -0.1) is 0 Å². The Balaban J connectivity index is 1.66. The number of nitrogens with two attached hydrogens (primary N) is 1. The lowest BCUT2D eigenvalue weighted by Gasteiger charge is -2.27. The maximum Gasteiger partial charge on any atom is 0.326 e. The fraction of sp³-hybridized carbons (Fsp3) is 0.444. The van der Waals surface area contributed by atoms with E-state index in [-0.39, 0.29) is 25.2 Å². The first-order valence-electron chi connectivity index (χ1n) is 13.0. The third-order valence-electron chi connectivity index (χ3n) is 6.54. The van der Waals surface area contributed by atoms with Crippen LogP contribution in [0.2, 0.25) is 0 Å². The minimum absolute atomic E-state index is 0.00324. The Morgan fingerprint density at radius 3 is 2.38 bits per heavy atom. The van der Waals surface area contributed by atoms with Gasteiger partial charge >= 0.3 is 5.97 Å². The summed E-state index contributed by atoms with van der Waals surface area (Å²) in [7, 11) is 0. The predicted molar refractivity (Wildman–Crippen MR) is 154 cm³/mol. The van der Waals surface area contributed by atoms with Gasteiger partial charge in [0.15, 0.2) is 0 Å². The number of fused-ring (bicyclic) bond motifs is 1. The average Bonchev–Trinajstić information content (AvgIpc) is 3.58. The molecule has 3 aromatic rings. The quantitative estimate of drug-likeness (QED) is 0.140. The number of thioether (sulfide) groups is 1. The van der Waals surface area contributed by atoms with Crippen molar-refractivity contribution in [2.45, 2.75) is 57.3 Å². The molecule has 216 valence electrons. The number of aromatic nitrogens is 3. The van der Waals surface area contributed by atoms with Gasteiger partial charge < -0.3 is 36.8 Å². The van der Waals surface area contributed by atoms with Gasteiger partial charge in [-0.25, -0.2) is 9.78 Å². The molecule has 0 aliphatic heterocycles. The topological polar surface area (TPSA) is 195 Å². The molecule has 12 nitrogen and oxygen atoms in total. The Morgan fingerprint density at radius 1 is 1.00 bits per heavy atom. The number of nitrogens with zero attached hydrogens (tertiary/aromatic N) is 1. The smallest absolute Gasteiger partial charge is 0.326 e. The van der Waals surface area contributed by atoms with Crippen LogP contribution in [0.3, 0.4) is 0 Å². The van der Waals surface area contributed by atoms with Gasteiger partial charge in [0.2, 0.25) is 17.7 Å². The van der Waals surface area contributed by atoms with Crippen molar-refractivity contribution in [3.8, 4) is 0 Å². The van der Waals surface area contributed by atoms with Gasteiger partial charge in [0.05, 0.1) is 12.4 Å². The van der Waals surface area contributed by atoms with Gasteiger partial charge in [-0.3, -0.25) is 14.4 Å². The third kappa shape index (κ3) is 8.33. The molecule has 2 aromatic heterocycles. The van der Waals surface area contributed by atoms with Crippen molar-refractivity contribution in [2.75, 3.05) is 12.0 Å². The van der Waals surface area contributed by atoms with Crippen LogP contribution < -0.4 is 21.7 Å². The fourth-order valence-corrected chi connectivity index (χ4v) is 4.75. The standard InChI is InChI=1S/C27H37N7O5S/c1-15(2)23(34-24(35)19(28)10-16-12-30-20-7-5-4-6-18(16)20)26(37)32-21(8-9-40-3)25(36)33-22(27(38)39)11-17-13-29-14-31-17/h4-7,12-15,19,21-23,30H,8-11,28H2,1-3H3,(H,29,31)(H,32,37)(H,33,36)(H,34,35)(H,38,39). The van der Waals surface area contributed by atoms with Crippen molar-refractivity contribution in [2.24, 2.45) is 11.7 Å². The van der Waals surface area contributed by atoms with Crippen LogP contribution in [0.1, 0.15) is 31.5 Å². The molecule has 4 unspecified atom stereocenters. The summed E-state index contributed by atoms with van der Waals surface area (Å²) in [5.41, 5.74) is 8.59. The van der Waals surface area contributed by atoms with Crippen molar-refractivity contribution >= 4 is 46.4 Å². The van der Waals surface area contributed by atoms with Crippen LogP contribution in [0.15, 0.2) is 43.0 Å². The van der Waals surface area contributed by atoms with Crippen LogP contribution in [-0.2, 0) is 32.0 Å². The first kappa shape index (κ1) is 30.7. The van der Waals surface area contributed by atoms with E-state index < -0.39 is 47.9 Å². The van der Waals surface area contributed by atoms with Crippen molar-refractivity contribution in [1.29, 1.82) is 0 Å². The zero-order chi connectivity index (χ0) is 29.2. The summed E-state index contributed by atoms with van der Waals surface area (Å²) in [5.74, 6) is -2.64. The van der Waals surface area contributed by atoms with E-state index in [0.29, 0.717) is 11.4 Å². The molecule has 2 heterocycles. The highest BCUT2D eigenvalue weighted by molar-refractivity contribution is 7.98. The fourth-order valence-electron chi connectivity index (χ4n) is 4.28. The molecule has 1 aromatic carbocycles. The molecule has 0 aliphatic carbocycles. The van der Waals surface area contributed by atoms with Crippen molar-refractivity contribution in [3.05, 3.63) is 54.2 Å². The molecule has 0 saturated heterocycles. The van der Waals surface area contributed by atoms with Gasteiger partial charge in [-0.2, -0.15) is 11.8 Å². The number of imidazole rings is 1. The molecule has 3 amide bonds. The van der Waals surface area contributed by atoms with Crippen LogP contribution >= 0.6 is 11.8 Å². The number of benzene rings is 1. The molecule has 0 spiro atoms. The molecule has 0 fully saturated rings. The number of carbonyl (C=O) groups is 4. The molecule has 3 rings (SSSR count). The lowest BCUT2D eigenvalue weighted by molar-refractivity contribution is -0.142.